The molecule has 0 atom stereocenters. The molecule has 1 aliphatic rings. The maximum atomic E-state index is 13.1. The number of hydrogen-bond acceptors (Lipinski definition) is 6. The van der Waals surface area contributed by atoms with Gasteiger partial charge in [0, 0.05) is 31.6 Å². The van der Waals surface area contributed by atoms with Gasteiger partial charge in [-0.25, -0.2) is 13.1 Å². The normalized spacial score (nSPS) is 14.1. The molecule has 1 N–H and O–H groups in total. The zero-order chi connectivity index (χ0) is 25.2. The second-order valence-corrected chi connectivity index (χ2v) is 10.5. The van der Waals surface area contributed by atoms with Crippen LogP contribution in [0.5, 0.6) is 0 Å². The highest BCUT2D eigenvalue weighted by molar-refractivity contribution is 7.89. The lowest BCUT2D eigenvalue weighted by Gasteiger charge is -2.24. The summed E-state index contributed by atoms with van der Waals surface area (Å²) in [7, 11) is -3.70. The quantitative estimate of drug-likeness (QED) is 0.513. The number of nitrogens with one attached hydrogen (secondary N) is 1. The first kappa shape index (κ1) is 24.9. The van der Waals surface area contributed by atoms with Crippen LogP contribution in [0.1, 0.15) is 32.4 Å². The molecule has 1 saturated heterocycles. The van der Waals surface area contributed by atoms with E-state index in [-0.39, 0.29) is 17.0 Å². The Labute approximate surface area is 205 Å². The molecule has 4 rings (SSSR count). The molecular weight excluding hydrogens is 466 g/mol. The number of nitrogens with zero attached hydrogens (tertiary/aromatic N) is 4. The third kappa shape index (κ3) is 4.94. The summed E-state index contributed by atoms with van der Waals surface area (Å²) in [5, 5.41) is 8.42. The highest BCUT2D eigenvalue weighted by atomic mass is 32.2. The predicted octanol–water partition coefficient (Wildman–Crippen LogP) is 2.97. The lowest BCUT2D eigenvalue weighted by Crippen LogP contribution is -2.32. The Morgan fingerprint density at radius 1 is 1.06 bits per heavy atom. The van der Waals surface area contributed by atoms with Crippen LogP contribution in [-0.4, -0.2) is 54.6 Å². The van der Waals surface area contributed by atoms with Gasteiger partial charge in [-0.05, 0) is 44.0 Å². The smallest absolute Gasteiger partial charge is 0.275 e. The molecule has 2 aromatic carbocycles. The number of anilines is 2. The van der Waals surface area contributed by atoms with Gasteiger partial charge >= 0.3 is 0 Å². The fourth-order valence-corrected chi connectivity index (χ4v) is 6.04. The van der Waals surface area contributed by atoms with Gasteiger partial charge in [-0.1, -0.05) is 32.0 Å². The van der Waals surface area contributed by atoms with Crippen LogP contribution in [-0.2, 0) is 21.4 Å². The molecule has 1 aliphatic heterocycles. The van der Waals surface area contributed by atoms with Crippen molar-refractivity contribution in [2.24, 2.45) is 0 Å². The van der Waals surface area contributed by atoms with E-state index in [1.807, 2.05) is 12.1 Å². The van der Waals surface area contributed by atoms with E-state index in [2.05, 4.69) is 15.3 Å². The molecule has 0 unspecified atom stereocenters. The third-order valence-electron chi connectivity index (χ3n) is 6.38. The van der Waals surface area contributed by atoms with Crippen LogP contribution >= 0.6 is 0 Å². The van der Waals surface area contributed by atoms with Gasteiger partial charge in [0.15, 0.2) is 0 Å². The molecule has 186 valence electrons. The SMILES string of the molecule is CCN(CC)S(=O)(=O)c1ccc(N2CCCC2)c(NC(=O)Cn2nc(C)c3ccccc3c2=O)c1. The van der Waals surface area contributed by atoms with Gasteiger partial charge in [0.2, 0.25) is 15.9 Å². The summed E-state index contributed by atoms with van der Waals surface area (Å²) in [5.74, 6) is -0.452. The highest BCUT2D eigenvalue weighted by Crippen LogP contribution is 2.32. The summed E-state index contributed by atoms with van der Waals surface area (Å²) in [5.41, 5.74) is 1.48. The minimum absolute atomic E-state index is 0.122. The van der Waals surface area contributed by atoms with Crippen LogP contribution in [0, 0.1) is 6.92 Å². The fraction of sp³-hybridized carbons (Fsp3) is 0.400. The minimum atomic E-state index is -3.70. The van der Waals surface area contributed by atoms with Crippen LogP contribution in [0.3, 0.4) is 0 Å². The van der Waals surface area contributed by atoms with Gasteiger partial charge in [-0.15, -0.1) is 0 Å². The van der Waals surface area contributed by atoms with Gasteiger partial charge < -0.3 is 10.2 Å². The highest BCUT2D eigenvalue weighted by Gasteiger charge is 2.25. The largest absolute Gasteiger partial charge is 0.370 e. The van der Waals surface area contributed by atoms with Gasteiger partial charge in [-0.2, -0.15) is 9.40 Å². The summed E-state index contributed by atoms with van der Waals surface area (Å²) in [6.45, 7) is 7.46. The van der Waals surface area contributed by atoms with Gasteiger partial charge in [0.25, 0.3) is 5.56 Å². The van der Waals surface area contributed by atoms with Crippen LogP contribution < -0.4 is 15.8 Å². The molecule has 1 amide bonds. The lowest BCUT2D eigenvalue weighted by molar-refractivity contribution is -0.117. The van der Waals surface area contributed by atoms with Crippen LogP contribution in [0.15, 0.2) is 52.2 Å². The van der Waals surface area contributed by atoms with Crippen molar-refractivity contribution in [3.05, 3.63) is 58.5 Å². The number of carbonyl (C=O) groups excluding carboxylic acids is 1. The lowest BCUT2D eigenvalue weighted by atomic mass is 10.1. The van der Waals surface area contributed by atoms with Gasteiger partial charge in [0.1, 0.15) is 6.54 Å². The molecule has 0 saturated carbocycles. The number of carbonyl (C=O) groups is 1. The van der Waals surface area contributed by atoms with E-state index >= 15 is 0 Å². The molecule has 35 heavy (non-hydrogen) atoms. The molecule has 9 nitrogen and oxygen atoms in total. The third-order valence-corrected chi connectivity index (χ3v) is 8.42. The molecular formula is C25H31N5O4S. The average Bonchev–Trinajstić information content (AvgIpc) is 3.38. The van der Waals surface area contributed by atoms with E-state index < -0.39 is 15.9 Å². The minimum Gasteiger partial charge on any atom is -0.370 e. The Morgan fingerprint density at radius 2 is 1.71 bits per heavy atom. The van der Waals surface area contributed by atoms with Crippen LogP contribution in [0.2, 0.25) is 0 Å². The summed E-state index contributed by atoms with van der Waals surface area (Å²) < 4.78 is 28.7. The molecule has 10 heteroatoms. The fourth-order valence-electron chi connectivity index (χ4n) is 4.56. The van der Waals surface area contributed by atoms with Crippen molar-refractivity contribution in [2.45, 2.75) is 45.1 Å². The monoisotopic (exact) mass is 497 g/mol. The van der Waals surface area contributed by atoms with E-state index in [0.29, 0.717) is 29.9 Å². The molecule has 0 aliphatic carbocycles. The van der Waals surface area contributed by atoms with E-state index in [4.69, 9.17) is 0 Å². The maximum absolute atomic E-state index is 13.1. The van der Waals surface area contributed by atoms with E-state index in [9.17, 15) is 18.0 Å². The van der Waals surface area contributed by atoms with Gasteiger partial charge in [-0.3, -0.25) is 9.59 Å². The molecule has 0 spiro atoms. The number of aromatic nitrogens is 2. The van der Waals surface area contributed by atoms with Crippen molar-refractivity contribution >= 4 is 38.1 Å². The topological polar surface area (TPSA) is 105 Å². The summed E-state index contributed by atoms with van der Waals surface area (Å²) >= 11 is 0. The first-order valence-corrected chi connectivity index (χ1v) is 13.4. The summed E-state index contributed by atoms with van der Waals surface area (Å²) in [6, 6.07) is 12.0. The molecule has 1 fully saturated rings. The number of benzene rings is 2. The number of hydrogen-bond donors (Lipinski definition) is 1. The Kier molecular flexibility index (Phi) is 7.23. The second-order valence-electron chi connectivity index (χ2n) is 8.60. The number of fused-ring (bicyclic) bond motifs is 1. The zero-order valence-electron chi connectivity index (χ0n) is 20.3. The van der Waals surface area contributed by atoms with Crippen molar-refractivity contribution in [2.75, 3.05) is 36.4 Å². The van der Waals surface area contributed by atoms with E-state index in [1.165, 1.54) is 10.4 Å². The van der Waals surface area contributed by atoms with Gasteiger partial charge in [0.05, 0.1) is 27.4 Å². The molecule has 2 heterocycles. The number of aryl methyl sites for hydroxylation is 1. The Balaban J connectivity index is 1.68. The van der Waals surface area contributed by atoms with Crippen LogP contribution in [0.4, 0.5) is 11.4 Å². The number of amides is 1. The standard InChI is InChI=1S/C25H31N5O4S/c1-4-29(5-2)35(33,34)19-12-13-23(28-14-8-9-15-28)22(16-19)26-24(31)17-30-25(32)21-11-7-6-10-20(21)18(3)27-30/h6-7,10-13,16H,4-5,8-9,14-15,17H2,1-3H3,(H,26,31). The first-order valence-electron chi connectivity index (χ1n) is 11.9. The molecule has 1 aromatic heterocycles. The Hall–Kier alpha value is -3.24. The van der Waals surface area contributed by atoms with E-state index in [0.717, 1.165) is 41.7 Å². The first-order chi connectivity index (χ1) is 16.8. The molecule has 0 bridgehead atoms. The van der Waals surface area contributed by atoms with Crippen molar-refractivity contribution in [3.63, 3.8) is 0 Å². The number of sulfonamides is 1. The Morgan fingerprint density at radius 3 is 2.37 bits per heavy atom. The second kappa shape index (κ2) is 10.2. The maximum Gasteiger partial charge on any atom is 0.275 e. The average molecular weight is 498 g/mol. The zero-order valence-corrected chi connectivity index (χ0v) is 21.1. The molecule has 3 aromatic rings. The van der Waals surface area contributed by atoms with Crippen molar-refractivity contribution < 1.29 is 13.2 Å². The molecule has 0 radical (unpaired) electrons. The van der Waals surface area contributed by atoms with Crippen molar-refractivity contribution in [3.8, 4) is 0 Å². The van der Waals surface area contributed by atoms with Crippen molar-refractivity contribution in [1.82, 2.24) is 14.1 Å². The summed E-state index contributed by atoms with van der Waals surface area (Å²) in [4.78, 5) is 28.2. The predicted molar refractivity (Wildman–Crippen MR) is 137 cm³/mol. The van der Waals surface area contributed by atoms with Crippen molar-refractivity contribution in [1.29, 1.82) is 0 Å². The van der Waals surface area contributed by atoms with Crippen LogP contribution in [0.25, 0.3) is 10.8 Å². The van der Waals surface area contributed by atoms with E-state index in [1.54, 1.807) is 45.0 Å². The summed E-state index contributed by atoms with van der Waals surface area (Å²) in [6.07, 6.45) is 2.06. The Bertz CT molecular complexity index is 1410. The number of rotatable bonds is 8.